The molecule has 1 spiro atoms. The monoisotopic (exact) mass is 627 g/mol. The summed E-state index contributed by atoms with van der Waals surface area (Å²) in [5.41, 5.74) is 0.204. The number of carbonyl (C=O) groups is 4. The molecule has 10 nitrogen and oxygen atoms in total. The van der Waals surface area contributed by atoms with Gasteiger partial charge in [-0.05, 0) is 37.8 Å². The van der Waals surface area contributed by atoms with E-state index in [0.717, 1.165) is 11.1 Å². The van der Waals surface area contributed by atoms with E-state index in [0.29, 0.717) is 19.4 Å². The highest BCUT2D eigenvalue weighted by molar-refractivity contribution is 6.00. The van der Waals surface area contributed by atoms with E-state index in [2.05, 4.69) is 5.32 Å². The second-order valence-electron chi connectivity index (χ2n) is 12.7. The molecule has 4 heterocycles. The third-order valence-electron chi connectivity index (χ3n) is 9.58. The Kier molecular flexibility index (Phi) is 9.11. The number of rotatable bonds is 6. The normalized spacial score (nSPS) is 31.2. The number of benzene rings is 2. The maximum atomic E-state index is 14.8. The van der Waals surface area contributed by atoms with Crippen molar-refractivity contribution >= 4 is 23.7 Å². The lowest BCUT2D eigenvalue weighted by atomic mass is 9.77. The summed E-state index contributed by atoms with van der Waals surface area (Å²) >= 11 is 0. The van der Waals surface area contributed by atoms with Crippen molar-refractivity contribution in [3.05, 3.63) is 96.1 Å². The molecule has 0 bridgehead atoms. The minimum absolute atomic E-state index is 0.0690. The van der Waals surface area contributed by atoms with Gasteiger partial charge in [0, 0.05) is 19.0 Å². The number of allylic oxidation sites excluding steroid dienone is 1. The van der Waals surface area contributed by atoms with E-state index >= 15 is 0 Å². The van der Waals surface area contributed by atoms with Crippen molar-refractivity contribution in [3.63, 3.8) is 0 Å². The number of ether oxygens (including phenoxy) is 2. The van der Waals surface area contributed by atoms with Crippen LogP contribution < -0.4 is 5.32 Å². The van der Waals surface area contributed by atoms with Gasteiger partial charge in [0.15, 0.2) is 0 Å². The standard InChI is InChI=1S/C36H41N3O7/c1-23(2)38-19-11-18-36-31(34(43)39(32(36)35(38)44)26(21-40)20-24-12-5-3-6-13-24)30-28(46-36)16-9-10-17-29(41)45-22-27(37-33(30)42)25-14-7-4-8-15-25/h3-9,11-16,18,23,26-28,30-32,40H,10,17,19-22H2,1-2H3,(H,37,42)/b16-9-/t26-,27-,28+,30-,31-,32+,36-/m1/s1. The lowest BCUT2D eigenvalue weighted by Gasteiger charge is -2.39. The van der Waals surface area contributed by atoms with Crippen LogP contribution in [0, 0.1) is 11.8 Å². The number of amides is 3. The van der Waals surface area contributed by atoms with Crippen molar-refractivity contribution in [1.29, 1.82) is 0 Å². The Morgan fingerprint density at radius 1 is 0.978 bits per heavy atom. The minimum atomic E-state index is -1.45. The van der Waals surface area contributed by atoms with Crippen LogP contribution in [0.4, 0.5) is 0 Å². The predicted molar refractivity (Wildman–Crippen MR) is 169 cm³/mol. The molecule has 2 aromatic carbocycles. The van der Waals surface area contributed by atoms with Crippen LogP contribution in [0.5, 0.6) is 0 Å². The number of aliphatic hydroxyl groups is 1. The number of nitrogens with one attached hydrogen (secondary N) is 1. The van der Waals surface area contributed by atoms with Gasteiger partial charge in [-0.3, -0.25) is 19.2 Å². The number of cyclic esters (lactones) is 1. The molecule has 0 unspecified atom stereocenters. The van der Waals surface area contributed by atoms with E-state index < -0.39 is 53.5 Å². The van der Waals surface area contributed by atoms with Crippen LogP contribution in [-0.2, 0) is 35.1 Å². The molecule has 0 saturated carbocycles. The van der Waals surface area contributed by atoms with Crippen LogP contribution in [0.15, 0.2) is 85.0 Å². The Morgan fingerprint density at radius 2 is 1.70 bits per heavy atom. The summed E-state index contributed by atoms with van der Waals surface area (Å²) in [7, 11) is 0. The highest BCUT2D eigenvalue weighted by atomic mass is 16.5. The van der Waals surface area contributed by atoms with Crippen molar-refractivity contribution in [2.75, 3.05) is 19.8 Å². The Hall–Kier alpha value is -4.28. The number of nitrogens with zero attached hydrogens (tertiary/aromatic N) is 2. The molecule has 10 heteroatoms. The second-order valence-corrected chi connectivity index (χ2v) is 12.7. The summed E-state index contributed by atoms with van der Waals surface area (Å²) < 4.78 is 12.3. The van der Waals surface area contributed by atoms with E-state index in [1.54, 1.807) is 23.1 Å². The molecule has 2 saturated heterocycles. The molecular formula is C36H41N3O7. The van der Waals surface area contributed by atoms with Gasteiger partial charge in [0.25, 0.3) is 0 Å². The van der Waals surface area contributed by atoms with Crippen molar-refractivity contribution < 1.29 is 33.8 Å². The van der Waals surface area contributed by atoms with Crippen molar-refractivity contribution in [2.24, 2.45) is 11.8 Å². The number of likely N-dealkylation sites (tertiary alicyclic amines) is 1. The molecule has 4 aliphatic heterocycles. The molecule has 6 rings (SSSR count). The molecule has 3 amide bonds. The summed E-state index contributed by atoms with van der Waals surface area (Å²) in [6, 6.07) is 16.1. The predicted octanol–water partition coefficient (Wildman–Crippen LogP) is 2.73. The van der Waals surface area contributed by atoms with Crippen LogP contribution in [0.1, 0.15) is 43.9 Å². The van der Waals surface area contributed by atoms with Crippen LogP contribution in [-0.4, -0.2) is 88.2 Å². The fourth-order valence-corrected chi connectivity index (χ4v) is 7.39. The molecule has 0 aliphatic carbocycles. The van der Waals surface area contributed by atoms with E-state index in [-0.39, 0.29) is 37.6 Å². The SMILES string of the molecule is CC(C)N1CC=C[C@@]23O[C@H]4/C=C\CCC(=O)OC[C@H](c5ccccc5)NC(=O)[C@H]4[C@@H]2C(=O)N([C@@H](CO)Cc2ccccc2)[C@H]3C1=O. The number of aliphatic hydroxyl groups excluding tert-OH is 1. The highest BCUT2D eigenvalue weighted by Crippen LogP contribution is 2.53. The lowest BCUT2D eigenvalue weighted by Crippen LogP contribution is -2.59. The zero-order valence-corrected chi connectivity index (χ0v) is 26.2. The fraction of sp³-hybridized carbons (Fsp3) is 0.444. The first-order chi connectivity index (χ1) is 22.2. The second kappa shape index (κ2) is 13.2. The average molecular weight is 628 g/mol. The Balaban J connectivity index is 1.45. The van der Waals surface area contributed by atoms with Gasteiger partial charge in [-0.2, -0.15) is 0 Å². The van der Waals surface area contributed by atoms with Crippen LogP contribution in [0.25, 0.3) is 0 Å². The molecule has 4 aliphatic rings. The summed E-state index contributed by atoms with van der Waals surface area (Å²) in [5.74, 6) is -3.54. The fourth-order valence-electron chi connectivity index (χ4n) is 7.39. The topological polar surface area (TPSA) is 125 Å². The first-order valence-corrected chi connectivity index (χ1v) is 16.1. The van der Waals surface area contributed by atoms with Crippen LogP contribution in [0.3, 0.4) is 0 Å². The van der Waals surface area contributed by atoms with Crippen molar-refractivity contribution in [2.45, 2.75) is 69.0 Å². The van der Waals surface area contributed by atoms with Gasteiger partial charge >= 0.3 is 5.97 Å². The van der Waals surface area contributed by atoms with Gasteiger partial charge in [-0.1, -0.05) is 85.0 Å². The Morgan fingerprint density at radius 3 is 2.39 bits per heavy atom. The number of carbonyl (C=O) groups excluding carboxylic acids is 4. The van der Waals surface area contributed by atoms with Gasteiger partial charge < -0.3 is 29.7 Å². The van der Waals surface area contributed by atoms with E-state index in [9.17, 15) is 24.3 Å². The Labute approximate surface area is 269 Å². The minimum Gasteiger partial charge on any atom is -0.463 e. The van der Waals surface area contributed by atoms with E-state index in [4.69, 9.17) is 9.47 Å². The molecule has 7 atom stereocenters. The Bertz CT molecular complexity index is 1510. The zero-order valence-electron chi connectivity index (χ0n) is 26.2. The quantitative estimate of drug-likeness (QED) is 0.373. The highest BCUT2D eigenvalue weighted by Gasteiger charge is 2.72. The van der Waals surface area contributed by atoms with Crippen molar-refractivity contribution in [1.82, 2.24) is 15.1 Å². The smallest absolute Gasteiger partial charge is 0.306 e. The molecule has 46 heavy (non-hydrogen) atoms. The first kappa shape index (κ1) is 31.7. The average Bonchev–Trinajstić information content (AvgIpc) is 3.44. The van der Waals surface area contributed by atoms with Gasteiger partial charge in [0.05, 0.1) is 36.6 Å². The summed E-state index contributed by atoms with van der Waals surface area (Å²) in [6.45, 7) is 3.71. The van der Waals surface area contributed by atoms with Crippen LogP contribution in [0.2, 0.25) is 0 Å². The van der Waals surface area contributed by atoms with Gasteiger partial charge in [-0.25, -0.2) is 0 Å². The van der Waals surface area contributed by atoms with Gasteiger partial charge in [0.1, 0.15) is 18.2 Å². The summed E-state index contributed by atoms with van der Waals surface area (Å²) in [5, 5.41) is 13.8. The van der Waals surface area contributed by atoms with Crippen LogP contribution >= 0.6 is 0 Å². The van der Waals surface area contributed by atoms with Crippen molar-refractivity contribution in [3.8, 4) is 0 Å². The number of esters is 1. The van der Waals surface area contributed by atoms with Gasteiger partial charge in [0.2, 0.25) is 17.7 Å². The molecular weight excluding hydrogens is 586 g/mol. The summed E-state index contributed by atoms with van der Waals surface area (Å²) in [4.78, 5) is 59.4. The maximum Gasteiger partial charge on any atom is 0.306 e. The third kappa shape index (κ3) is 5.76. The lowest BCUT2D eigenvalue weighted by molar-refractivity contribution is -0.151. The zero-order chi connectivity index (χ0) is 32.4. The molecule has 0 radical (unpaired) electrons. The molecule has 0 aromatic heterocycles. The van der Waals surface area contributed by atoms with Gasteiger partial charge in [-0.15, -0.1) is 0 Å². The number of hydrogen-bond acceptors (Lipinski definition) is 7. The largest absolute Gasteiger partial charge is 0.463 e. The summed E-state index contributed by atoms with van der Waals surface area (Å²) in [6.07, 6.45) is 7.14. The number of hydrogen-bond donors (Lipinski definition) is 2. The molecule has 2 N–H and O–H groups in total. The van der Waals surface area contributed by atoms with E-state index in [1.165, 1.54) is 4.90 Å². The van der Waals surface area contributed by atoms with E-state index in [1.807, 2.05) is 80.6 Å². The maximum absolute atomic E-state index is 14.8. The number of fused-ring (bicyclic) bond motifs is 2. The molecule has 2 aromatic rings. The third-order valence-corrected chi connectivity index (χ3v) is 9.58. The molecule has 2 fully saturated rings. The first-order valence-electron chi connectivity index (χ1n) is 16.1. The molecule has 242 valence electrons.